The second-order valence-corrected chi connectivity index (χ2v) is 5.91. The number of halogens is 1. The average Bonchev–Trinajstić information content (AvgIpc) is 2.43. The molecular formula is C15H17BrN4. The fourth-order valence-corrected chi connectivity index (χ4v) is 2.68. The van der Waals surface area contributed by atoms with Crippen LogP contribution in [0.15, 0.2) is 22.7 Å². The molecule has 1 aliphatic rings. The Hall–Kier alpha value is -1.46. The predicted octanol–water partition coefficient (Wildman–Crippen LogP) is 3.25. The van der Waals surface area contributed by atoms with E-state index < -0.39 is 0 Å². The van der Waals surface area contributed by atoms with Crippen molar-refractivity contribution in [1.29, 1.82) is 0 Å². The van der Waals surface area contributed by atoms with Crippen molar-refractivity contribution in [3.8, 4) is 0 Å². The maximum atomic E-state index is 4.56. The zero-order valence-corrected chi connectivity index (χ0v) is 13.2. The number of aryl methyl sites for hydroxylation is 2. The zero-order valence-electron chi connectivity index (χ0n) is 11.6. The Kier molecular flexibility index (Phi) is 3.72. The van der Waals surface area contributed by atoms with E-state index in [1.165, 1.54) is 11.1 Å². The van der Waals surface area contributed by atoms with E-state index in [0.29, 0.717) is 0 Å². The molecule has 0 fully saturated rings. The molecule has 1 aliphatic heterocycles. The van der Waals surface area contributed by atoms with Crippen molar-refractivity contribution in [2.45, 2.75) is 26.8 Å². The van der Waals surface area contributed by atoms with Gasteiger partial charge in [-0.25, -0.2) is 9.97 Å². The van der Waals surface area contributed by atoms with Gasteiger partial charge >= 0.3 is 0 Å². The van der Waals surface area contributed by atoms with Crippen LogP contribution in [0.25, 0.3) is 0 Å². The third-order valence-electron chi connectivity index (χ3n) is 3.47. The van der Waals surface area contributed by atoms with Gasteiger partial charge in [-0.3, -0.25) is 0 Å². The first-order valence-electron chi connectivity index (χ1n) is 6.74. The zero-order chi connectivity index (χ0) is 14.1. The number of aromatic nitrogens is 2. The Morgan fingerprint density at radius 2 is 2.10 bits per heavy atom. The van der Waals surface area contributed by atoms with E-state index in [4.69, 9.17) is 0 Å². The SMILES string of the molecule is Cc1nc2c(c(Nc3ccc(Br)c(C)c3)n1)CNCC2. The van der Waals surface area contributed by atoms with Crippen molar-refractivity contribution in [1.82, 2.24) is 15.3 Å². The Morgan fingerprint density at radius 1 is 1.25 bits per heavy atom. The van der Waals surface area contributed by atoms with E-state index in [-0.39, 0.29) is 0 Å². The lowest BCUT2D eigenvalue weighted by atomic mass is 10.1. The van der Waals surface area contributed by atoms with Crippen molar-refractivity contribution in [2.75, 3.05) is 11.9 Å². The highest BCUT2D eigenvalue weighted by Gasteiger charge is 2.16. The molecule has 0 atom stereocenters. The first-order chi connectivity index (χ1) is 9.63. The average molecular weight is 333 g/mol. The van der Waals surface area contributed by atoms with E-state index in [9.17, 15) is 0 Å². The van der Waals surface area contributed by atoms with Crippen LogP contribution in [0.1, 0.15) is 22.6 Å². The van der Waals surface area contributed by atoms with Gasteiger partial charge in [-0.2, -0.15) is 0 Å². The Labute approximate surface area is 127 Å². The fourth-order valence-electron chi connectivity index (χ4n) is 2.43. The number of hydrogen-bond acceptors (Lipinski definition) is 4. The minimum absolute atomic E-state index is 0.821. The highest BCUT2D eigenvalue weighted by molar-refractivity contribution is 9.10. The predicted molar refractivity (Wildman–Crippen MR) is 84.3 cm³/mol. The maximum absolute atomic E-state index is 4.56. The van der Waals surface area contributed by atoms with Gasteiger partial charge < -0.3 is 10.6 Å². The Bertz CT molecular complexity index is 655. The lowest BCUT2D eigenvalue weighted by molar-refractivity contribution is 0.625. The molecule has 1 aromatic carbocycles. The minimum atomic E-state index is 0.821. The second-order valence-electron chi connectivity index (χ2n) is 5.06. The second kappa shape index (κ2) is 5.50. The van der Waals surface area contributed by atoms with Crippen molar-refractivity contribution < 1.29 is 0 Å². The van der Waals surface area contributed by atoms with Crippen LogP contribution in [0.3, 0.4) is 0 Å². The van der Waals surface area contributed by atoms with E-state index in [0.717, 1.165) is 47.0 Å². The summed E-state index contributed by atoms with van der Waals surface area (Å²) in [6.07, 6.45) is 0.965. The van der Waals surface area contributed by atoms with Crippen LogP contribution in [0.5, 0.6) is 0 Å². The van der Waals surface area contributed by atoms with E-state index in [1.807, 2.05) is 6.92 Å². The van der Waals surface area contributed by atoms with Gasteiger partial charge in [0.2, 0.25) is 0 Å². The van der Waals surface area contributed by atoms with Gasteiger partial charge in [-0.15, -0.1) is 0 Å². The van der Waals surface area contributed by atoms with Crippen LogP contribution in [0, 0.1) is 13.8 Å². The molecule has 0 unspecified atom stereocenters. The van der Waals surface area contributed by atoms with Gasteiger partial charge in [0, 0.05) is 35.2 Å². The number of hydrogen-bond donors (Lipinski definition) is 2. The molecular weight excluding hydrogens is 316 g/mol. The number of fused-ring (bicyclic) bond motifs is 1. The van der Waals surface area contributed by atoms with E-state index in [2.05, 4.69) is 61.7 Å². The summed E-state index contributed by atoms with van der Waals surface area (Å²) in [6, 6.07) is 6.22. The van der Waals surface area contributed by atoms with Crippen LogP contribution >= 0.6 is 15.9 Å². The molecule has 4 nitrogen and oxygen atoms in total. The largest absolute Gasteiger partial charge is 0.340 e. The number of nitrogens with zero attached hydrogens (tertiary/aromatic N) is 2. The summed E-state index contributed by atoms with van der Waals surface area (Å²) in [4.78, 5) is 9.11. The molecule has 0 radical (unpaired) electrons. The van der Waals surface area contributed by atoms with Crippen molar-refractivity contribution >= 4 is 27.4 Å². The summed E-state index contributed by atoms with van der Waals surface area (Å²) in [7, 11) is 0. The fraction of sp³-hybridized carbons (Fsp3) is 0.333. The van der Waals surface area contributed by atoms with Gasteiger partial charge in [0.05, 0.1) is 5.69 Å². The van der Waals surface area contributed by atoms with Gasteiger partial charge in [-0.05, 0) is 37.6 Å². The van der Waals surface area contributed by atoms with Gasteiger partial charge in [0.15, 0.2) is 0 Å². The van der Waals surface area contributed by atoms with Crippen LogP contribution < -0.4 is 10.6 Å². The summed E-state index contributed by atoms with van der Waals surface area (Å²) < 4.78 is 1.12. The van der Waals surface area contributed by atoms with E-state index in [1.54, 1.807) is 0 Å². The molecule has 2 heterocycles. The molecule has 5 heteroatoms. The Morgan fingerprint density at radius 3 is 2.90 bits per heavy atom. The lowest BCUT2D eigenvalue weighted by Crippen LogP contribution is -2.26. The molecule has 104 valence electrons. The van der Waals surface area contributed by atoms with Crippen LogP contribution in [-0.4, -0.2) is 16.5 Å². The summed E-state index contributed by atoms with van der Waals surface area (Å²) in [5.41, 5.74) is 4.60. The normalized spacial score (nSPS) is 13.9. The van der Waals surface area contributed by atoms with Crippen LogP contribution in [0.2, 0.25) is 0 Å². The summed E-state index contributed by atoms with van der Waals surface area (Å²) >= 11 is 3.52. The van der Waals surface area contributed by atoms with Gasteiger partial charge in [-0.1, -0.05) is 15.9 Å². The number of anilines is 2. The number of nitrogens with one attached hydrogen (secondary N) is 2. The number of rotatable bonds is 2. The van der Waals surface area contributed by atoms with Gasteiger partial charge in [0.25, 0.3) is 0 Å². The monoisotopic (exact) mass is 332 g/mol. The highest BCUT2D eigenvalue weighted by atomic mass is 79.9. The topological polar surface area (TPSA) is 49.8 Å². The smallest absolute Gasteiger partial charge is 0.138 e. The van der Waals surface area contributed by atoms with Gasteiger partial charge in [0.1, 0.15) is 11.6 Å². The molecule has 3 rings (SSSR count). The first kappa shape index (κ1) is 13.5. The van der Waals surface area contributed by atoms with Crippen molar-refractivity contribution in [3.63, 3.8) is 0 Å². The van der Waals surface area contributed by atoms with E-state index >= 15 is 0 Å². The van der Waals surface area contributed by atoms with Crippen molar-refractivity contribution in [2.24, 2.45) is 0 Å². The highest BCUT2D eigenvalue weighted by Crippen LogP contribution is 2.26. The molecule has 20 heavy (non-hydrogen) atoms. The quantitative estimate of drug-likeness (QED) is 0.886. The lowest BCUT2D eigenvalue weighted by Gasteiger charge is -2.20. The summed E-state index contributed by atoms with van der Waals surface area (Å²) in [5, 5.41) is 6.81. The summed E-state index contributed by atoms with van der Waals surface area (Å²) in [6.45, 7) is 5.84. The molecule has 1 aromatic heterocycles. The molecule has 2 N–H and O–H groups in total. The van der Waals surface area contributed by atoms with Crippen LogP contribution in [-0.2, 0) is 13.0 Å². The maximum Gasteiger partial charge on any atom is 0.138 e. The molecule has 0 saturated carbocycles. The van der Waals surface area contributed by atoms with Crippen molar-refractivity contribution in [3.05, 3.63) is 45.3 Å². The van der Waals surface area contributed by atoms with Crippen LogP contribution in [0.4, 0.5) is 11.5 Å². The molecule has 2 aromatic rings. The molecule has 0 aliphatic carbocycles. The molecule has 0 spiro atoms. The minimum Gasteiger partial charge on any atom is -0.340 e. The molecule has 0 bridgehead atoms. The number of benzene rings is 1. The third kappa shape index (κ3) is 2.69. The molecule has 0 saturated heterocycles. The Balaban J connectivity index is 1.97. The standard InChI is InChI=1S/C15H17BrN4/c1-9-7-11(3-4-13(9)16)20-15-12-8-17-6-5-14(12)18-10(2)19-15/h3-4,7,17H,5-6,8H2,1-2H3,(H,18,19,20). The first-order valence-corrected chi connectivity index (χ1v) is 7.53. The third-order valence-corrected chi connectivity index (χ3v) is 4.36. The summed E-state index contributed by atoms with van der Waals surface area (Å²) in [5.74, 6) is 1.74. The molecule has 0 amide bonds.